The molecule has 0 fully saturated rings. The Morgan fingerprint density at radius 2 is 1.79 bits per heavy atom. The highest BCUT2D eigenvalue weighted by Gasteiger charge is 2.33. The Bertz CT molecular complexity index is 762. The fraction of sp³-hybridized carbons (Fsp3) is 0.542. The number of unbranched alkanes of at least 4 members (excludes halogenated alkanes) is 1. The first-order valence-corrected chi connectivity index (χ1v) is 10.5. The number of rotatable bonds is 11. The lowest BCUT2D eigenvalue weighted by molar-refractivity contribution is -0.140. The van der Waals surface area contributed by atoms with Crippen LogP contribution in [0.3, 0.4) is 0 Å². The maximum absolute atomic E-state index is 13.1. The van der Waals surface area contributed by atoms with E-state index in [0.29, 0.717) is 25.6 Å². The number of fused-ring (bicyclic) bond motifs is 1. The van der Waals surface area contributed by atoms with Crippen molar-refractivity contribution in [2.24, 2.45) is 5.92 Å². The molecule has 154 valence electrons. The monoisotopic (exact) mass is 385 g/mol. The van der Waals surface area contributed by atoms with Crippen molar-refractivity contribution in [3.63, 3.8) is 0 Å². The third kappa shape index (κ3) is 5.71. The summed E-state index contributed by atoms with van der Waals surface area (Å²) in [7, 11) is 0. The molecule has 0 aliphatic rings. The van der Waals surface area contributed by atoms with Gasteiger partial charge in [-0.15, -0.1) is 0 Å². The summed E-state index contributed by atoms with van der Waals surface area (Å²) >= 11 is 0. The van der Waals surface area contributed by atoms with Gasteiger partial charge in [-0.25, -0.2) is 0 Å². The smallest absolute Gasteiger partial charge is 0.256 e. The summed E-state index contributed by atoms with van der Waals surface area (Å²) in [4.78, 5) is 13.1. The first-order chi connectivity index (χ1) is 13.4. The molecule has 0 aromatic heterocycles. The molecule has 0 spiro atoms. The number of carbonyl (C=O) groups excluding carboxylic acids is 1. The minimum Gasteiger partial charge on any atom is -0.493 e. The van der Waals surface area contributed by atoms with Crippen molar-refractivity contribution in [3.8, 4) is 5.75 Å². The lowest BCUT2D eigenvalue weighted by Crippen LogP contribution is -2.43. The van der Waals surface area contributed by atoms with Crippen LogP contribution in [0.15, 0.2) is 36.4 Å². The van der Waals surface area contributed by atoms with Crippen LogP contribution >= 0.6 is 0 Å². The molecule has 1 N–H and O–H groups in total. The predicted octanol–water partition coefficient (Wildman–Crippen LogP) is 6.19. The van der Waals surface area contributed by atoms with Crippen molar-refractivity contribution in [2.75, 3.05) is 18.5 Å². The molecular formula is C24H35NO3. The van der Waals surface area contributed by atoms with Gasteiger partial charge in [0.05, 0.1) is 6.61 Å². The van der Waals surface area contributed by atoms with Crippen LogP contribution in [-0.4, -0.2) is 24.7 Å². The minimum atomic E-state index is -0.820. The van der Waals surface area contributed by atoms with Crippen LogP contribution in [0.4, 0.5) is 5.69 Å². The lowest BCUT2D eigenvalue weighted by atomic mass is 9.97. The maximum Gasteiger partial charge on any atom is 0.256 e. The molecule has 0 saturated carbocycles. The van der Waals surface area contributed by atoms with Gasteiger partial charge in [-0.05, 0) is 37.8 Å². The Hall–Kier alpha value is -2.07. The maximum atomic E-state index is 13.1. The SMILES string of the molecule is CCCC[C@@](C)(OCCC)C(=O)Nc1ccc(OCC(C)C)c2ccccc12. The molecule has 0 saturated heterocycles. The normalized spacial score (nSPS) is 13.5. The van der Waals surface area contributed by atoms with E-state index in [0.717, 1.165) is 41.5 Å². The summed E-state index contributed by atoms with van der Waals surface area (Å²) in [6, 6.07) is 11.9. The van der Waals surface area contributed by atoms with E-state index in [1.807, 2.05) is 43.3 Å². The standard InChI is InChI=1S/C24H35NO3/c1-6-8-15-24(5,28-16-7-2)23(26)25-21-13-14-22(27-17-18(3)4)20-12-10-9-11-19(20)21/h9-14,18H,6-8,15-17H2,1-5H3,(H,25,26)/t24-/m1/s1. The van der Waals surface area contributed by atoms with Gasteiger partial charge in [-0.3, -0.25) is 4.79 Å². The van der Waals surface area contributed by atoms with Gasteiger partial charge in [0.2, 0.25) is 0 Å². The number of hydrogen-bond acceptors (Lipinski definition) is 3. The summed E-state index contributed by atoms with van der Waals surface area (Å²) in [5.41, 5.74) is -0.0275. The molecule has 1 atom stereocenters. The Morgan fingerprint density at radius 3 is 2.43 bits per heavy atom. The van der Waals surface area contributed by atoms with E-state index in [1.165, 1.54) is 0 Å². The highest BCUT2D eigenvalue weighted by atomic mass is 16.5. The highest BCUT2D eigenvalue weighted by Crippen LogP contribution is 2.33. The predicted molar refractivity (Wildman–Crippen MR) is 117 cm³/mol. The van der Waals surface area contributed by atoms with E-state index >= 15 is 0 Å². The average Bonchev–Trinajstić information content (AvgIpc) is 2.69. The summed E-state index contributed by atoms with van der Waals surface area (Å²) in [5, 5.41) is 5.10. The molecule has 2 aromatic rings. The molecule has 0 heterocycles. The van der Waals surface area contributed by atoms with E-state index in [9.17, 15) is 4.79 Å². The molecule has 4 nitrogen and oxygen atoms in total. The van der Waals surface area contributed by atoms with Crippen molar-refractivity contribution >= 4 is 22.4 Å². The number of ether oxygens (including phenoxy) is 2. The Morgan fingerprint density at radius 1 is 1.07 bits per heavy atom. The summed E-state index contributed by atoms with van der Waals surface area (Å²) in [6.45, 7) is 11.6. The molecule has 0 aliphatic heterocycles. The Balaban J connectivity index is 2.29. The number of nitrogens with one attached hydrogen (secondary N) is 1. The van der Waals surface area contributed by atoms with Crippen LogP contribution in [-0.2, 0) is 9.53 Å². The number of hydrogen-bond donors (Lipinski definition) is 1. The minimum absolute atomic E-state index is 0.0876. The van der Waals surface area contributed by atoms with Gasteiger partial charge in [0.15, 0.2) is 0 Å². The average molecular weight is 386 g/mol. The van der Waals surface area contributed by atoms with Crippen LogP contribution in [0.25, 0.3) is 10.8 Å². The van der Waals surface area contributed by atoms with Gasteiger partial charge in [0.25, 0.3) is 5.91 Å². The Kier molecular flexibility index (Phi) is 8.31. The molecule has 0 bridgehead atoms. The number of benzene rings is 2. The number of amides is 1. The van der Waals surface area contributed by atoms with Crippen LogP contribution < -0.4 is 10.1 Å². The highest BCUT2D eigenvalue weighted by molar-refractivity contribution is 6.06. The zero-order valence-electron chi connectivity index (χ0n) is 18.0. The summed E-state index contributed by atoms with van der Waals surface area (Å²) in [6.07, 6.45) is 3.59. The Labute approximate surface area is 169 Å². The van der Waals surface area contributed by atoms with E-state index in [4.69, 9.17) is 9.47 Å². The fourth-order valence-corrected chi connectivity index (χ4v) is 3.11. The van der Waals surface area contributed by atoms with E-state index in [1.54, 1.807) is 0 Å². The largest absolute Gasteiger partial charge is 0.493 e. The van der Waals surface area contributed by atoms with Crippen LogP contribution in [0, 0.1) is 5.92 Å². The second-order valence-corrected chi connectivity index (χ2v) is 8.00. The molecule has 0 unspecified atom stereocenters. The number of anilines is 1. The van der Waals surface area contributed by atoms with E-state index in [-0.39, 0.29) is 5.91 Å². The summed E-state index contributed by atoms with van der Waals surface area (Å²) < 4.78 is 12.0. The zero-order chi connectivity index (χ0) is 20.6. The molecule has 1 amide bonds. The topological polar surface area (TPSA) is 47.6 Å². The van der Waals surface area contributed by atoms with Gasteiger partial charge in [-0.1, -0.05) is 64.8 Å². The molecule has 28 heavy (non-hydrogen) atoms. The second kappa shape index (κ2) is 10.5. The van der Waals surface area contributed by atoms with Gasteiger partial charge >= 0.3 is 0 Å². The van der Waals surface area contributed by atoms with Gasteiger partial charge in [0.1, 0.15) is 11.4 Å². The van der Waals surface area contributed by atoms with Crippen LogP contribution in [0.2, 0.25) is 0 Å². The van der Waals surface area contributed by atoms with E-state index < -0.39 is 5.60 Å². The van der Waals surface area contributed by atoms with Gasteiger partial charge < -0.3 is 14.8 Å². The molecule has 4 heteroatoms. The molecule has 0 aliphatic carbocycles. The zero-order valence-corrected chi connectivity index (χ0v) is 18.0. The van der Waals surface area contributed by atoms with Crippen molar-refractivity contribution < 1.29 is 14.3 Å². The second-order valence-electron chi connectivity index (χ2n) is 8.00. The lowest BCUT2D eigenvalue weighted by Gasteiger charge is -2.29. The van der Waals surface area contributed by atoms with Crippen molar-refractivity contribution in [1.29, 1.82) is 0 Å². The molecule has 0 radical (unpaired) electrons. The fourth-order valence-electron chi connectivity index (χ4n) is 3.11. The van der Waals surface area contributed by atoms with Crippen LogP contribution in [0.1, 0.15) is 60.3 Å². The first kappa shape index (κ1) is 22.2. The van der Waals surface area contributed by atoms with Crippen molar-refractivity contribution in [2.45, 2.75) is 65.9 Å². The summed E-state index contributed by atoms with van der Waals surface area (Å²) in [5.74, 6) is 1.21. The van der Waals surface area contributed by atoms with Gasteiger partial charge in [-0.2, -0.15) is 0 Å². The first-order valence-electron chi connectivity index (χ1n) is 10.5. The van der Waals surface area contributed by atoms with Gasteiger partial charge in [0, 0.05) is 23.1 Å². The third-order valence-electron chi connectivity index (χ3n) is 4.82. The third-order valence-corrected chi connectivity index (χ3v) is 4.82. The quantitative estimate of drug-likeness (QED) is 0.502. The van der Waals surface area contributed by atoms with E-state index in [2.05, 4.69) is 33.0 Å². The van der Waals surface area contributed by atoms with Crippen molar-refractivity contribution in [3.05, 3.63) is 36.4 Å². The number of carbonyl (C=O) groups is 1. The molecule has 2 rings (SSSR count). The molecule has 2 aromatic carbocycles. The molecular weight excluding hydrogens is 350 g/mol. The van der Waals surface area contributed by atoms with Crippen molar-refractivity contribution in [1.82, 2.24) is 0 Å². The van der Waals surface area contributed by atoms with Crippen LogP contribution in [0.5, 0.6) is 5.75 Å².